The molecular formula is C13H16N4O4. The van der Waals surface area contributed by atoms with E-state index in [4.69, 9.17) is 9.84 Å². The maximum absolute atomic E-state index is 12.1. The molecule has 2 heterocycles. The van der Waals surface area contributed by atoms with Crippen LogP contribution in [0.1, 0.15) is 28.7 Å². The van der Waals surface area contributed by atoms with Crippen molar-refractivity contribution in [1.29, 1.82) is 0 Å². The van der Waals surface area contributed by atoms with Crippen LogP contribution in [0.3, 0.4) is 0 Å². The maximum Gasteiger partial charge on any atom is 0.359 e. The Kier molecular flexibility index (Phi) is 3.38. The van der Waals surface area contributed by atoms with Gasteiger partial charge in [-0.25, -0.2) is 4.79 Å². The lowest BCUT2D eigenvalue weighted by molar-refractivity contribution is 0.0519. The van der Waals surface area contributed by atoms with E-state index in [0.717, 1.165) is 5.69 Å². The number of esters is 1. The number of ether oxygens (including phenoxy) is 1. The van der Waals surface area contributed by atoms with Gasteiger partial charge in [0, 0.05) is 11.3 Å². The average Bonchev–Trinajstić information content (AvgIpc) is 3.01. The highest BCUT2D eigenvalue weighted by molar-refractivity contribution is 5.96. The molecule has 2 aromatic heterocycles. The Hall–Kier alpha value is -2.35. The van der Waals surface area contributed by atoms with Gasteiger partial charge in [0.05, 0.1) is 31.0 Å². The number of nitrogens with one attached hydrogen (secondary N) is 2. The number of aliphatic hydroxyl groups is 1. The fraction of sp³-hybridized carbons (Fsp3) is 0.462. The summed E-state index contributed by atoms with van der Waals surface area (Å²) in [7, 11) is 0. The molecule has 0 unspecified atom stereocenters. The van der Waals surface area contributed by atoms with Crippen LogP contribution in [0.5, 0.6) is 0 Å². The van der Waals surface area contributed by atoms with Crippen molar-refractivity contribution < 1.29 is 14.6 Å². The third-order valence-corrected chi connectivity index (χ3v) is 3.58. The molecule has 1 aliphatic rings. The smallest absolute Gasteiger partial charge is 0.359 e. The number of rotatable bonds is 4. The van der Waals surface area contributed by atoms with Crippen molar-refractivity contribution in [1.82, 2.24) is 20.0 Å². The Morgan fingerprint density at radius 3 is 2.95 bits per heavy atom. The summed E-state index contributed by atoms with van der Waals surface area (Å²) < 4.78 is 6.63. The molecule has 1 aliphatic carbocycles. The van der Waals surface area contributed by atoms with Crippen molar-refractivity contribution in [2.75, 3.05) is 13.2 Å². The first-order chi connectivity index (χ1) is 10.2. The molecule has 0 spiro atoms. The first kappa shape index (κ1) is 13.6. The van der Waals surface area contributed by atoms with Gasteiger partial charge in [0.15, 0.2) is 5.69 Å². The molecule has 2 aromatic rings. The van der Waals surface area contributed by atoms with E-state index in [1.807, 2.05) is 0 Å². The largest absolute Gasteiger partial charge is 0.461 e. The number of aromatic amines is 2. The second-order valence-electron chi connectivity index (χ2n) is 4.77. The number of nitrogens with zero attached hydrogens (tertiary/aromatic N) is 2. The zero-order valence-corrected chi connectivity index (χ0v) is 11.6. The molecule has 0 atom stereocenters. The summed E-state index contributed by atoms with van der Waals surface area (Å²) >= 11 is 0. The van der Waals surface area contributed by atoms with Gasteiger partial charge in [0.2, 0.25) is 0 Å². The molecule has 0 amide bonds. The van der Waals surface area contributed by atoms with E-state index in [-0.39, 0.29) is 24.5 Å². The predicted molar refractivity (Wildman–Crippen MR) is 73.1 cm³/mol. The molecule has 3 rings (SSSR count). The van der Waals surface area contributed by atoms with Crippen molar-refractivity contribution >= 4 is 5.97 Å². The monoisotopic (exact) mass is 292 g/mol. The number of carbonyl (C=O) groups is 1. The first-order valence-electron chi connectivity index (χ1n) is 6.84. The van der Waals surface area contributed by atoms with Gasteiger partial charge in [0.25, 0.3) is 5.56 Å². The lowest BCUT2D eigenvalue weighted by atomic mass is 9.94. The van der Waals surface area contributed by atoms with Crippen molar-refractivity contribution in [3.8, 4) is 11.3 Å². The fourth-order valence-electron chi connectivity index (χ4n) is 2.71. The summed E-state index contributed by atoms with van der Waals surface area (Å²) in [5, 5.41) is 18.7. The first-order valence-corrected chi connectivity index (χ1v) is 6.84. The second kappa shape index (κ2) is 5.21. The van der Waals surface area contributed by atoms with Crippen molar-refractivity contribution in [2.45, 2.75) is 26.3 Å². The highest BCUT2D eigenvalue weighted by atomic mass is 16.5. The summed E-state index contributed by atoms with van der Waals surface area (Å²) in [5.41, 5.74) is 2.64. The van der Waals surface area contributed by atoms with Crippen molar-refractivity contribution in [3.63, 3.8) is 0 Å². The molecule has 8 heteroatoms. The van der Waals surface area contributed by atoms with Crippen LogP contribution < -0.4 is 5.56 Å². The molecule has 21 heavy (non-hydrogen) atoms. The zero-order chi connectivity index (χ0) is 15.0. The third-order valence-electron chi connectivity index (χ3n) is 3.58. The van der Waals surface area contributed by atoms with Gasteiger partial charge in [-0.1, -0.05) is 0 Å². The number of H-pyrrole nitrogens is 2. The topological polar surface area (TPSA) is 113 Å². The maximum atomic E-state index is 12.1. The lowest BCUT2D eigenvalue weighted by Crippen LogP contribution is -2.15. The second-order valence-corrected chi connectivity index (χ2v) is 4.77. The van der Waals surface area contributed by atoms with Gasteiger partial charge in [-0.2, -0.15) is 5.10 Å². The van der Waals surface area contributed by atoms with E-state index in [1.165, 1.54) is 0 Å². The Bertz CT molecular complexity index is 740. The van der Waals surface area contributed by atoms with Crippen LogP contribution in [0.15, 0.2) is 4.79 Å². The van der Waals surface area contributed by atoms with E-state index in [0.29, 0.717) is 36.2 Å². The molecular weight excluding hydrogens is 276 g/mol. The van der Waals surface area contributed by atoms with Crippen LogP contribution in [0.4, 0.5) is 0 Å². The van der Waals surface area contributed by atoms with E-state index in [9.17, 15) is 9.59 Å². The minimum absolute atomic E-state index is 0.0765. The van der Waals surface area contributed by atoms with Crippen molar-refractivity contribution in [3.05, 3.63) is 27.3 Å². The van der Waals surface area contributed by atoms with Gasteiger partial charge in [-0.05, 0) is 19.8 Å². The number of hydrogen-bond acceptors (Lipinski definition) is 5. The summed E-state index contributed by atoms with van der Waals surface area (Å²) in [5.74, 6) is -0.527. The molecule has 0 saturated heterocycles. The van der Waals surface area contributed by atoms with Gasteiger partial charge in [-0.15, -0.1) is 0 Å². The molecule has 0 aliphatic heterocycles. The Morgan fingerprint density at radius 2 is 2.24 bits per heavy atom. The molecule has 0 fully saturated rings. The van der Waals surface area contributed by atoms with Crippen LogP contribution in [-0.2, 0) is 24.1 Å². The molecule has 0 bridgehead atoms. The summed E-state index contributed by atoms with van der Waals surface area (Å²) in [4.78, 5) is 23.8. The molecule has 0 radical (unpaired) electrons. The standard InChI is InChI=1S/C13H16N4O4/c1-2-21-13(20)11-9-8(17(16-11)5-6-18)4-3-7-10(9)14-15-12(7)19/h18H,2-6H2,1H3,(H2,14,15,19). The number of aromatic nitrogens is 4. The summed E-state index contributed by atoms with van der Waals surface area (Å²) in [6.45, 7) is 2.19. The third kappa shape index (κ3) is 2.07. The van der Waals surface area contributed by atoms with E-state index >= 15 is 0 Å². The summed E-state index contributed by atoms with van der Waals surface area (Å²) in [6, 6.07) is 0. The quantitative estimate of drug-likeness (QED) is 0.677. The summed E-state index contributed by atoms with van der Waals surface area (Å²) in [6.07, 6.45) is 1.16. The van der Waals surface area contributed by atoms with Gasteiger partial charge in [-0.3, -0.25) is 19.7 Å². The normalized spacial score (nSPS) is 12.9. The van der Waals surface area contributed by atoms with E-state index in [2.05, 4.69) is 15.3 Å². The molecule has 0 saturated carbocycles. The van der Waals surface area contributed by atoms with E-state index < -0.39 is 5.97 Å². The highest BCUT2D eigenvalue weighted by Gasteiger charge is 2.31. The minimum Gasteiger partial charge on any atom is -0.461 e. The van der Waals surface area contributed by atoms with Gasteiger partial charge in [0.1, 0.15) is 0 Å². The predicted octanol–water partition coefficient (Wildman–Crippen LogP) is -0.166. The van der Waals surface area contributed by atoms with Crippen molar-refractivity contribution in [2.24, 2.45) is 0 Å². The Morgan fingerprint density at radius 1 is 1.43 bits per heavy atom. The zero-order valence-electron chi connectivity index (χ0n) is 11.6. The minimum atomic E-state index is -0.527. The number of carbonyl (C=O) groups excluding carboxylic acids is 1. The van der Waals surface area contributed by atoms with Crippen LogP contribution in [0, 0.1) is 0 Å². The molecule has 8 nitrogen and oxygen atoms in total. The fourth-order valence-corrected chi connectivity index (χ4v) is 2.71. The van der Waals surface area contributed by atoms with Crippen LogP contribution in [-0.4, -0.2) is 44.3 Å². The molecule has 0 aromatic carbocycles. The lowest BCUT2D eigenvalue weighted by Gasteiger charge is -2.13. The molecule has 112 valence electrons. The van der Waals surface area contributed by atoms with E-state index in [1.54, 1.807) is 11.6 Å². The highest BCUT2D eigenvalue weighted by Crippen LogP contribution is 2.33. The number of fused-ring (bicyclic) bond motifs is 3. The van der Waals surface area contributed by atoms with Crippen LogP contribution >= 0.6 is 0 Å². The number of hydrogen-bond donors (Lipinski definition) is 3. The Balaban J connectivity index is 2.19. The van der Waals surface area contributed by atoms with Gasteiger partial charge < -0.3 is 9.84 Å². The molecule has 3 N–H and O–H groups in total. The Labute approximate surface area is 119 Å². The van der Waals surface area contributed by atoms with Crippen LogP contribution in [0.2, 0.25) is 0 Å². The SMILES string of the molecule is CCOC(=O)c1nn(CCO)c2c1-c1[nH][nH]c(=O)c1CC2. The van der Waals surface area contributed by atoms with Crippen LogP contribution in [0.25, 0.3) is 11.3 Å². The number of aliphatic hydroxyl groups excluding tert-OH is 1. The average molecular weight is 292 g/mol. The van der Waals surface area contributed by atoms with Gasteiger partial charge >= 0.3 is 5.97 Å².